The second-order valence-corrected chi connectivity index (χ2v) is 8.25. The molecule has 0 fully saturated rings. The fraction of sp³-hybridized carbons (Fsp3) is 0.533. The smallest absolute Gasteiger partial charge is 0.312 e. The van der Waals surface area contributed by atoms with Crippen molar-refractivity contribution in [3.8, 4) is 5.75 Å². The second kappa shape index (κ2) is 6.37. The normalized spacial score (nSPS) is 12.3. The summed E-state index contributed by atoms with van der Waals surface area (Å²) in [5, 5.41) is 9.82. The molecule has 1 aromatic rings. The van der Waals surface area contributed by atoms with Crippen molar-refractivity contribution >= 4 is 51.2 Å². The highest BCUT2D eigenvalue weighted by atomic mass is 127. The minimum Gasteiger partial charge on any atom is -0.506 e. The van der Waals surface area contributed by atoms with Crippen LogP contribution in [-0.2, 0) is 15.1 Å². The average molecular weight is 502 g/mol. The second-order valence-electron chi connectivity index (χ2n) is 5.93. The van der Waals surface area contributed by atoms with Crippen molar-refractivity contribution < 1.29 is 14.6 Å². The Hall–Kier alpha value is -0.0500. The van der Waals surface area contributed by atoms with Crippen molar-refractivity contribution in [2.75, 3.05) is 0 Å². The summed E-state index contributed by atoms with van der Waals surface area (Å²) in [4.78, 5) is 12.2. The topological polar surface area (TPSA) is 46.5 Å². The molecule has 3 nitrogen and oxygen atoms in total. The lowest BCUT2D eigenvalue weighted by Gasteiger charge is -2.31. The van der Waals surface area contributed by atoms with E-state index in [-0.39, 0.29) is 11.7 Å². The Morgan fingerprint density at radius 3 is 2.05 bits per heavy atom. The molecular weight excluding hydrogens is 482 g/mol. The zero-order chi connectivity index (χ0) is 15.7. The molecule has 0 heterocycles. The first-order valence-electron chi connectivity index (χ1n) is 6.43. The molecule has 1 aromatic carbocycles. The van der Waals surface area contributed by atoms with E-state index in [9.17, 15) is 9.90 Å². The number of rotatable bonds is 4. The van der Waals surface area contributed by atoms with E-state index in [0.717, 1.165) is 19.1 Å². The third-order valence-corrected chi connectivity index (χ3v) is 5.14. The molecular formula is C15H20I2O3. The summed E-state index contributed by atoms with van der Waals surface area (Å²) < 4.78 is 7.21. The number of hydrogen-bond donors (Lipinski definition) is 1. The van der Waals surface area contributed by atoms with Crippen LogP contribution in [0.15, 0.2) is 12.1 Å². The lowest BCUT2D eigenvalue weighted by Crippen LogP contribution is -2.34. The van der Waals surface area contributed by atoms with Crippen LogP contribution in [0.3, 0.4) is 0 Å². The zero-order valence-electron chi connectivity index (χ0n) is 12.4. The molecule has 0 radical (unpaired) electrons. The van der Waals surface area contributed by atoms with Gasteiger partial charge in [0.25, 0.3) is 0 Å². The molecule has 20 heavy (non-hydrogen) atoms. The molecule has 0 atom stereocenters. The average Bonchev–Trinajstić information content (AvgIpc) is 2.34. The Bertz CT molecular complexity index is 499. The molecule has 0 saturated heterocycles. The van der Waals surface area contributed by atoms with Gasteiger partial charge in [0.15, 0.2) is 0 Å². The van der Waals surface area contributed by atoms with Crippen molar-refractivity contribution in [2.45, 2.75) is 46.6 Å². The third-order valence-electron chi connectivity index (χ3n) is 3.50. The van der Waals surface area contributed by atoms with Crippen LogP contribution in [0.5, 0.6) is 5.75 Å². The van der Waals surface area contributed by atoms with Crippen molar-refractivity contribution in [2.24, 2.45) is 5.41 Å². The predicted molar refractivity (Wildman–Crippen MR) is 96.7 cm³/mol. The molecule has 0 amide bonds. The fourth-order valence-corrected chi connectivity index (χ4v) is 3.25. The summed E-state index contributed by atoms with van der Waals surface area (Å²) in [6.07, 6.45) is 0.729. The van der Waals surface area contributed by atoms with Gasteiger partial charge in [-0.1, -0.05) is 6.92 Å². The van der Waals surface area contributed by atoms with Crippen LogP contribution in [0, 0.1) is 12.6 Å². The number of phenolic OH excluding ortho intramolecular Hbond substituents is 1. The van der Waals surface area contributed by atoms with Crippen LogP contribution in [-0.4, -0.2) is 11.1 Å². The summed E-state index contributed by atoms with van der Waals surface area (Å²) in [6.45, 7) is 9.48. The molecule has 0 bridgehead atoms. The van der Waals surface area contributed by atoms with Crippen LogP contribution < -0.4 is 0 Å². The lowest BCUT2D eigenvalue weighted by molar-refractivity contribution is -0.168. The van der Waals surface area contributed by atoms with E-state index in [1.165, 1.54) is 0 Å². The van der Waals surface area contributed by atoms with Crippen molar-refractivity contribution in [3.63, 3.8) is 0 Å². The highest BCUT2D eigenvalue weighted by molar-refractivity contribution is 14.1. The number of benzene rings is 1. The summed E-state index contributed by atoms with van der Waals surface area (Å²) >= 11 is 4.16. The maximum atomic E-state index is 12.2. The minimum atomic E-state index is -0.725. The van der Waals surface area contributed by atoms with Gasteiger partial charge < -0.3 is 9.84 Å². The zero-order valence-corrected chi connectivity index (χ0v) is 16.7. The SMILES string of the molecule is CCC(C)(C)C(=O)OC(C)(C)c1cc(I)c(O)c(I)c1. The Labute approximate surface area is 147 Å². The van der Waals surface area contributed by atoms with Gasteiger partial charge >= 0.3 is 5.97 Å². The minimum absolute atomic E-state index is 0.205. The van der Waals surface area contributed by atoms with Gasteiger partial charge in [0.2, 0.25) is 0 Å². The molecule has 0 unspecified atom stereocenters. The standard InChI is InChI=1S/C15H20I2O3/c1-6-14(2,3)13(19)20-15(4,5)9-7-10(16)12(18)11(17)8-9/h7-8,18H,6H2,1-5H3. The monoisotopic (exact) mass is 502 g/mol. The first-order chi connectivity index (χ1) is 9.01. The fourth-order valence-electron chi connectivity index (χ4n) is 1.49. The number of aromatic hydroxyl groups is 1. The molecule has 0 saturated carbocycles. The highest BCUT2D eigenvalue weighted by Crippen LogP contribution is 2.35. The number of ether oxygens (including phenoxy) is 1. The van der Waals surface area contributed by atoms with Crippen molar-refractivity contribution in [1.29, 1.82) is 0 Å². The lowest BCUT2D eigenvalue weighted by atomic mass is 9.89. The van der Waals surface area contributed by atoms with Gasteiger partial charge in [-0.15, -0.1) is 0 Å². The Morgan fingerprint density at radius 1 is 1.20 bits per heavy atom. The number of phenols is 1. The predicted octanol–water partition coefficient (Wildman–Crippen LogP) is 4.82. The molecule has 0 aromatic heterocycles. The molecule has 0 spiro atoms. The Balaban J connectivity index is 3.09. The Kier molecular flexibility index (Phi) is 5.74. The maximum Gasteiger partial charge on any atom is 0.312 e. The molecule has 1 N–H and O–H groups in total. The molecule has 1 rings (SSSR count). The van der Waals surface area contributed by atoms with Crippen LogP contribution in [0.4, 0.5) is 0 Å². The van der Waals surface area contributed by atoms with Gasteiger partial charge in [-0.3, -0.25) is 4.79 Å². The summed E-state index contributed by atoms with van der Waals surface area (Å²) in [5.74, 6) is 0.0639. The van der Waals surface area contributed by atoms with E-state index in [1.54, 1.807) is 0 Å². The van der Waals surface area contributed by atoms with Gasteiger partial charge in [0, 0.05) is 0 Å². The number of esters is 1. The van der Waals surface area contributed by atoms with Crippen molar-refractivity contribution in [1.82, 2.24) is 0 Å². The number of halogens is 2. The van der Waals surface area contributed by atoms with E-state index in [1.807, 2.05) is 46.8 Å². The first-order valence-corrected chi connectivity index (χ1v) is 8.59. The summed E-state index contributed by atoms with van der Waals surface area (Å²) in [7, 11) is 0. The van der Waals surface area contributed by atoms with Gasteiger partial charge in [-0.2, -0.15) is 0 Å². The first kappa shape index (κ1) is 18.0. The number of carbonyl (C=O) groups excluding carboxylic acids is 1. The molecule has 0 aliphatic carbocycles. The van der Waals surface area contributed by atoms with Crippen LogP contribution in [0.2, 0.25) is 0 Å². The van der Waals surface area contributed by atoms with Gasteiger partial charge in [0.05, 0.1) is 12.6 Å². The van der Waals surface area contributed by atoms with Crippen molar-refractivity contribution in [3.05, 3.63) is 24.8 Å². The van der Waals surface area contributed by atoms with Crippen LogP contribution >= 0.6 is 45.2 Å². The molecule has 0 aliphatic heterocycles. The molecule has 5 heteroatoms. The summed E-state index contributed by atoms with van der Waals surface area (Å²) in [5.41, 5.74) is -0.338. The quantitative estimate of drug-likeness (QED) is 0.475. The number of carbonyl (C=O) groups is 1. The van der Waals surface area contributed by atoms with Gasteiger partial charge in [-0.25, -0.2) is 0 Å². The Morgan fingerprint density at radius 2 is 1.65 bits per heavy atom. The largest absolute Gasteiger partial charge is 0.506 e. The van der Waals surface area contributed by atoms with Crippen LogP contribution in [0.1, 0.15) is 46.6 Å². The molecule has 0 aliphatic rings. The third kappa shape index (κ3) is 3.99. The highest BCUT2D eigenvalue weighted by Gasteiger charge is 2.34. The van der Waals surface area contributed by atoms with E-state index in [4.69, 9.17) is 4.74 Å². The van der Waals surface area contributed by atoms with Gasteiger partial charge in [0.1, 0.15) is 11.4 Å². The molecule has 112 valence electrons. The summed E-state index contributed by atoms with van der Waals surface area (Å²) in [6, 6.07) is 3.70. The van der Waals surface area contributed by atoms with E-state index >= 15 is 0 Å². The van der Waals surface area contributed by atoms with E-state index in [2.05, 4.69) is 45.2 Å². The van der Waals surface area contributed by atoms with Gasteiger partial charge in [-0.05, 0) is 97.0 Å². The van der Waals surface area contributed by atoms with E-state index in [0.29, 0.717) is 0 Å². The maximum absolute atomic E-state index is 12.2. The van der Waals surface area contributed by atoms with E-state index < -0.39 is 11.0 Å². The number of hydrogen-bond acceptors (Lipinski definition) is 3. The van der Waals surface area contributed by atoms with Crippen LogP contribution in [0.25, 0.3) is 0 Å².